The number of nitrogens with zero attached hydrogens (tertiary/aromatic N) is 1. The molecule has 1 heterocycles. The van der Waals surface area contributed by atoms with Gasteiger partial charge < -0.3 is 9.47 Å². The molecule has 0 aliphatic carbocycles. The fraction of sp³-hybridized carbons (Fsp3) is 0.375. The summed E-state index contributed by atoms with van der Waals surface area (Å²) in [6.45, 7) is 1.16. The van der Waals surface area contributed by atoms with Gasteiger partial charge in [0.15, 0.2) is 0 Å². The van der Waals surface area contributed by atoms with Crippen molar-refractivity contribution in [3.8, 4) is 5.75 Å². The molecule has 1 rings (SSSR count). The minimum atomic E-state index is 0.562. The number of halogens is 1. The summed E-state index contributed by atoms with van der Waals surface area (Å²) in [6.07, 6.45) is 1.69. The molecule has 1 aromatic rings. The molecule has 0 radical (unpaired) electrons. The van der Waals surface area contributed by atoms with Crippen molar-refractivity contribution >= 4 is 15.9 Å². The van der Waals surface area contributed by atoms with Crippen molar-refractivity contribution in [2.45, 2.75) is 0 Å². The van der Waals surface area contributed by atoms with Crippen LogP contribution in [0.25, 0.3) is 0 Å². The van der Waals surface area contributed by atoms with Gasteiger partial charge in [0.1, 0.15) is 17.0 Å². The highest BCUT2D eigenvalue weighted by atomic mass is 79.9. The van der Waals surface area contributed by atoms with Crippen LogP contribution in [0.2, 0.25) is 0 Å². The Kier molecular flexibility index (Phi) is 4.04. The summed E-state index contributed by atoms with van der Waals surface area (Å²) >= 11 is 3.25. The molecule has 0 bridgehead atoms. The molecule has 12 heavy (non-hydrogen) atoms. The molecule has 0 saturated heterocycles. The lowest BCUT2D eigenvalue weighted by atomic mass is 10.4. The Morgan fingerprint density at radius 1 is 1.50 bits per heavy atom. The predicted octanol–water partition coefficient (Wildman–Crippen LogP) is 1.87. The Morgan fingerprint density at radius 2 is 2.33 bits per heavy atom. The van der Waals surface area contributed by atoms with Crippen LogP contribution < -0.4 is 4.74 Å². The van der Waals surface area contributed by atoms with E-state index < -0.39 is 0 Å². The second-order valence-electron chi connectivity index (χ2n) is 2.16. The molecule has 66 valence electrons. The maximum absolute atomic E-state index is 5.33. The van der Waals surface area contributed by atoms with E-state index in [1.54, 1.807) is 19.4 Å². The molecule has 0 amide bonds. The number of ether oxygens (including phenoxy) is 2. The van der Waals surface area contributed by atoms with E-state index in [2.05, 4.69) is 20.9 Å². The Bertz CT molecular complexity index is 242. The fourth-order valence-electron chi connectivity index (χ4n) is 0.717. The van der Waals surface area contributed by atoms with Gasteiger partial charge in [0.25, 0.3) is 0 Å². The van der Waals surface area contributed by atoms with Crippen molar-refractivity contribution in [1.82, 2.24) is 4.98 Å². The maximum atomic E-state index is 5.33. The lowest BCUT2D eigenvalue weighted by Gasteiger charge is -2.04. The van der Waals surface area contributed by atoms with Gasteiger partial charge in [-0.2, -0.15) is 0 Å². The van der Waals surface area contributed by atoms with Gasteiger partial charge in [0.2, 0.25) is 0 Å². The van der Waals surface area contributed by atoms with Crippen LogP contribution in [-0.2, 0) is 4.74 Å². The van der Waals surface area contributed by atoms with E-state index in [1.807, 2.05) is 6.07 Å². The average Bonchev–Trinajstić information content (AvgIpc) is 2.05. The van der Waals surface area contributed by atoms with Crippen LogP contribution in [0.1, 0.15) is 0 Å². The molecule has 0 aliphatic heterocycles. The first kappa shape index (κ1) is 9.48. The first-order chi connectivity index (χ1) is 5.83. The number of methoxy groups -OCH3 is 1. The van der Waals surface area contributed by atoms with E-state index in [-0.39, 0.29) is 0 Å². The smallest absolute Gasteiger partial charge is 0.123 e. The van der Waals surface area contributed by atoms with Gasteiger partial charge in [-0.05, 0) is 22.0 Å². The third-order valence-corrected chi connectivity index (χ3v) is 1.69. The molecular formula is C8H10BrNO2. The Labute approximate surface area is 79.8 Å². The molecule has 0 N–H and O–H groups in total. The van der Waals surface area contributed by atoms with E-state index in [1.165, 1.54) is 0 Å². The van der Waals surface area contributed by atoms with Crippen molar-refractivity contribution in [3.05, 3.63) is 22.9 Å². The topological polar surface area (TPSA) is 31.4 Å². The molecular weight excluding hydrogens is 222 g/mol. The minimum Gasteiger partial charge on any atom is -0.491 e. The molecule has 0 saturated carbocycles. The molecule has 0 fully saturated rings. The molecule has 4 heteroatoms. The van der Waals surface area contributed by atoms with E-state index >= 15 is 0 Å². The quantitative estimate of drug-likeness (QED) is 0.586. The van der Waals surface area contributed by atoms with Crippen molar-refractivity contribution in [2.24, 2.45) is 0 Å². The van der Waals surface area contributed by atoms with Gasteiger partial charge in [-0.15, -0.1) is 0 Å². The standard InChI is InChI=1S/C8H10BrNO2/c1-11-4-5-12-7-2-3-10-8(9)6-7/h2-3,6H,4-5H2,1H3. The highest BCUT2D eigenvalue weighted by Crippen LogP contribution is 2.14. The zero-order valence-corrected chi connectivity index (χ0v) is 8.37. The second-order valence-corrected chi connectivity index (χ2v) is 2.97. The van der Waals surface area contributed by atoms with Crippen LogP contribution in [0.3, 0.4) is 0 Å². The first-order valence-electron chi connectivity index (χ1n) is 3.56. The van der Waals surface area contributed by atoms with E-state index in [0.717, 1.165) is 10.4 Å². The molecule has 0 aromatic carbocycles. The molecule has 0 atom stereocenters. The average molecular weight is 232 g/mol. The zero-order valence-electron chi connectivity index (χ0n) is 6.79. The van der Waals surface area contributed by atoms with Gasteiger partial charge in [-0.3, -0.25) is 0 Å². The third-order valence-electron chi connectivity index (χ3n) is 1.25. The lowest BCUT2D eigenvalue weighted by Crippen LogP contribution is -2.04. The number of hydrogen-bond acceptors (Lipinski definition) is 3. The maximum Gasteiger partial charge on any atom is 0.123 e. The van der Waals surface area contributed by atoms with E-state index in [4.69, 9.17) is 9.47 Å². The molecule has 1 aromatic heterocycles. The Balaban J connectivity index is 2.41. The summed E-state index contributed by atoms with van der Waals surface area (Å²) in [4.78, 5) is 3.97. The Morgan fingerprint density at radius 3 is 3.00 bits per heavy atom. The molecule has 3 nitrogen and oxygen atoms in total. The van der Waals surface area contributed by atoms with Gasteiger partial charge in [-0.25, -0.2) is 4.98 Å². The Hall–Kier alpha value is -0.610. The highest BCUT2D eigenvalue weighted by Gasteiger charge is 1.93. The number of hydrogen-bond donors (Lipinski definition) is 0. The predicted molar refractivity (Wildman–Crippen MR) is 49.3 cm³/mol. The van der Waals surface area contributed by atoms with E-state index in [9.17, 15) is 0 Å². The van der Waals surface area contributed by atoms with Crippen molar-refractivity contribution in [3.63, 3.8) is 0 Å². The van der Waals surface area contributed by atoms with Crippen LogP contribution in [0.5, 0.6) is 5.75 Å². The zero-order chi connectivity index (χ0) is 8.81. The highest BCUT2D eigenvalue weighted by molar-refractivity contribution is 9.10. The summed E-state index contributed by atoms with van der Waals surface area (Å²) in [5, 5.41) is 0. The lowest BCUT2D eigenvalue weighted by molar-refractivity contribution is 0.146. The van der Waals surface area contributed by atoms with Crippen LogP contribution >= 0.6 is 15.9 Å². The number of pyridine rings is 1. The van der Waals surface area contributed by atoms with Crippen LogP contribution in [-0.4, -0.2) is 25.3 Å². The summed E-state index contributed by atoms with van der Waals surface area (Å²) in [5.41, 5.74) is 0. The number of aromatic nitrogens is 1. The molecule has 0 aliphatic rings. The van der Waals surface area contributed by atoms with Gasteiger partial charge in [-0.1, -0.05) is 0 Å². The SMILES string of the molecule is COCCOc1ccnc(Br)c1. The first-order valence-corrected chi connectivity index (χ1v) is 4.35. The minimum absolute atomic E-state index is 0.562. The second kappa shape index (κ2) is 5.11. The van der Waals surface area contributed by atoms with Crippen molar-refractivity contribution in [2.75, 3.05) is 20.3 Å². The van der Waals surface area contributed by atoms with Crippen LogP contribution in [0, 0.1) is 0 Å². The summed E-state index contributed by atoms with van der Waals surface area (Å²) in [5.74, 6) is 0.800. The molecule has 0 spiro atoms. The van der Waals surface area contributed by atoms with Gasteiger partial charge in [0.05, 0.1) is 6.61 Å². The summed E-state index contributed by atoms with van der Waals surface area (Å²) in [7, 11) is 1.64. The summed E-state index contributed by atoms with van der Waals surface area (Å²) in [6, 6.07) is 3.62. The largest absolute Gasteiger partial charge is 0.491 e. The molecule has 0 unspecified atom stereocenters. The monoisotopic (exact) mass is 231 g/mol. The van der Waals surface area contributed by atoms with Gasteiger partial charge >= 0.3 is 0 Å². The third kappa shape index (κ3) is 3.19. The number of rotatable bonds is 4. The van der Waals surface area contributed by atoms with E-state index in [0.29, 0.717) is 13.2 Å². The van der Waals surface area contributed by atoms with Crippen LogP contribution in [0.15, 0.2) is 22.9 Å². The van der Waals surface area contributed by atoms with Gasteiger partial charge in [0, 0.05) is 19.4 Å². The van der Waals surface area contributed by atoms with Crippen molar-refractivity contribution in [1.29, 1.82) is 0 Å². The van der Waals surface area contributed by atoms with Crippen molar-refractivity contribution < 1.29 is 9.47 Å². The van der Waals surface area contributed by atoms with Crippen LogP contribution in [0.4, 0.5) is 0 Å². The fourth-order valence-corrected chi connectivity index (χ4v) is 1.06. The normalized spacial score (nSPS) is 9.83. The summed E-state index contributed by atoms with van der Waals surface area (Å²) < 4.78 is 10.9.